The lowest BCUT2D eigenvalue weighted by Gasteiger charge is -2.31. The van der Waals surface area contributed by atoms with Crippen LogP contribution in [-0.2, 0) is 11.4 Å². The number of fused-ring (bicyclic) bond motifs is 1. The third kappa shape index (κ3) is 4.60. The van der Waals surface area contributed by atoms with Crippen LogP contribution in [0.15, 0.2) is 36.4 Å². The Balaban J connectivity index is 1.85. The number of carbonyl (C=O) groups excluding carboxylic acids is 1. The Morgan fingerprint density at radius 2 is 2.07 bits per heavy atom. The van der Waals surface area contributed by atoms with Gasteiger partial charge in [0.25, 0.3) is 5.91 Å². The van der Waals surface area contributed by atoms with Crippen molar-refractivity contribution in [1.29, 1.82) is 0 Å². The molecule has 0 aromatic heterocycles. The zero-order valence-electron chi connectivity index (χ0n) is 15.8. The fourth-order valence-electron chi connectivity index (χ4n) is 2.80. The maximum Gasteiger partial charge on any atom is 0.259 e. The molecular formula is C20H22ClFN2O3S. The van der Waals surface area contributed by atoms with Gasteiger partial charge in [0, 0.05) is 29.0 Å². The summed E-state index contributed by atoms with van der Waals surface area (Å²) in [4.78, 5) is 12.8. The van der Waals surface area contributed by atoms with Gasteiger partial charge in [-0.2, -0.15) is 0 Å². The molecule has 0 saturated carbocycles. The molecule has 8 heteroatoms. The molecular weight excluding hydrogens is 403 g/mol. The SMILES string of the molecule is CC(C)(C)[S+]([O-])N[C@H]1CCOc2c(C(=O)Nc3ccc(F)c(Cl)c3)cccc21. The highest BCUT2D eigenvalue weighted by atomic mass is 35.5. The lowest BCUT2D eigenvalue weighted by atomic mass is 9.98. The summed E-state index contributed by atoms with van der Waals surface area (Å²) in [5.41, 5.74) is 1.52. The lowest BCUT2D eigenvalue weighted by molar-refractivity contribution is 0.102. The first-order chi connectivity index (χ1) is 13.2. The van der Waals surface area contributed by atoms with Crippen molar-refractivity contribution in [3.8, 4) is 5.75 Å². The van der Waals surface area contributed by atoms with E-state index in [2.05, 4.69) is 10.0 Å². The lowest BCUT2D eigenvalue weighted by Crippen LogP contribution is -2.42. The molecule has 150 valence electrons. The van der Waals surface area contributed by atoms with E-state index in [9.17, 15) is 13.7 Å². The van der Waals surface area contributed by atoms with E-state index in [0.717, 1.165) is 5.56 Å². The molecule has 0 radical (unpaired) electrons. The second-order valence-electron chi connectivity index (χ2n) is 7.50. The molecule has 0 fully saturated rings. The molecule has 1 aliphatic heterocycles. The Bertz CT molecular complexity index is 888. The molecule has 3 rings (SSSR count). The third-order valence-corrected chi connectivity index (χ3v) is 6.20. The summed E-state index contributed by atoms with van der Waals surface area (Å²) in [5, 5.41) is 2.63. The van der Waals surface area contributed by atoms with Crippen LogP contribution in [0.4, 0.5) is 10.1 Å². The number of nitrogens with one attached hydrogen (secondary N) is 2. The number of hydrogen-bond donors (Lipinski definition) is 2. The molecule has 2 aromatic carbocycles. The van der Waals surface area contributed by atoms with Gasteiger partial charge in [0.05, 0.1) is 23.2 Å². The van der Waals surface area contributed by atoms with Gasteiger partial charge >= 0.3 is 0 Å². The average Bonchev–Trinajstić information content (AvgIpc) is 2.63. The maximum atomic E-state index is 13.3. The number of hydrogen-bond acceptors (Lipinski definition) is 4. The van der Waals surface area contributed by atoms with Gasteiger partial charge in [0.2, 0.25) is 0 Å². The van der Waals surface area contributed by atoms with Gasteiger partial charge in [0.15, 0.2) is 0 Å². The maximum absolute atomic E-state index is 13.3. The standard InChI is InChI=1S/C20H22ClFN2O3S/c1-20(2,3)28(26)24-17-9-10-27-18-13(17)5-4-6-14(18)19(25)23-12-7-8-16(22)15(21)11-12/h4-8,11,17,24H,9-10H2,1-3H3,(H,23,25)/t17-,28?/m0/s1. The number of carbonyl (C=O) groups is 1. The summed E-state index contributed by atoms with van der Waals surface area (Å²) in [5.74, 6) is -0.485. The number of ether oxygens (including phenoxy) is 1. The Morgan fingerprint density at radius 1 is 1.32 bits per heavy atom. The fourth-order valence-corrected chi connectivity index (χ4v) is 3.84. The number of anilines is 1. The quantitative estimate of drug-likeness (QED) is 0.703. The van der Waals surface area contributed by atoms with E-state index < -0.39 is 27.8 Å². The number of benzene rings is 2. The van der Waals surface area contributed by atoms with Crippen molar-refractivity contribution < 1.29 is 18.5 Å². The van der Waals surface area contributed by atoms with Crippen LogP contribution < -0.4 is 14.8 Å². The normalized spacial score (nSPS) is 17.4. The summed E-state index contributed by atoms with van der Waals surface area (Å²) >= 11 is 4.52. The molecule has 2 atom stereocenters. The van der Waals surface area contributed by atoms with E-state index in [4.69, 9.17) is 16.3 Å². The molecule has 0 bridgehead atoms. The molecule has 0 spiro atoms. The van der Waals surface area contributed by atoms with Crippen molar-refractivity contribution in [3.63, 3.8) is 0 Å². The summed E-state index contributed by atoms with van der Waals surface area (Å²) in [7, 11) is 0. The van der Waals surface area contributed by atoms with Crippen molar-refractivity contribution in [2.45, 2.75) is 38.0 Å². The third-order valence-electron chi connectivity index (χ3n) is 4.30. The summed E-state index contributed by atoms with van der Waals surface area (Å²) in [6.07, 6.45) is 0.646. The Morgan fingerprint density at radius 3 is 2.75 bits per heavy atom. The number of rotatable bonds is 4. The molecule has 28 heavy (non-hydrogen) atoms. The Kier molecular flexibility index (Phi) is 6.19. The largest absolute Gasteiger partial charge is 0.598 e. The highest BCUT2D eigenvalue weighted by molar-refractivity contribution is 7.90. The molecule has 2 N–H and O–H groups in total. The minimum Gasteiger partial charge on any atom is -0.598 e. The molecule has 0 saturated heterocycles. The van der Waals surface area contributed by atoms with Crippen molar-refractivity contribution in [2.24, 2.45) is 0 Å². The highest BCUT2D eigenvalue weighted by Gasteiger charge is 2.33. The van der Waals surface area contributed by atoms with Crippen LogP contribution in [0.3, 0.4) is 0 Å². The van der Waals surface area contributed by atoms with E-state index in [0.29, 0.717) is 30.0 Å². The van der Waals surface area contributed by atoms with Gasteiger partial charge in [-0.3, -0.25) is 4.79 Å². The first kappa shape index (κ1) is 20.9. The predicted molar refractivity (Wildman–Crippen MR) is 110 cm³/mol. The molecule has 2 aromatic rings. The molecule has 5 nitrogen and oxygen atoms in total. The molecule has 1 heterocycles. The highest BCUT2D eigenvalue weighted by Crippen LogP contribution is 2.36. The van der Waals surface area contributed by atoms with Crippen LogP contribution in [-0.4, -0.2) is 21.8 Å². The molecule has 0 aliphatic carbocycles. The van der Waals surface area contributed by atoms with Gasteiger partial charge in [-0.15, -0.1) is 4.72 Å². The first-order valence-corrected chi connectivity index (χ1v) is 10.4. The van der Waals surface area contributed by atoms with Gasteiger partial charge < -0.3 is 14.6 Å². The zero-order valence-corrected chi connectivity index (χ0v) is 17.4. The van der Waals surface area contributed by atoms with E-state index in [1.54, 1.807) is 12.1 Å². The summed E-state index contributed by atoms with van der Waals surface area (Å²) in [6.45, 7) is 6.09. The second kappa shape index (κ2) is 8.29. The topological polar surface area (TPSA) is 73.4 Å². The van der Waals surface area contributed by atoms with E-state index >= 15 is 0 Å². The fraction of sp³-hybridized carbons (Fsp3) is 0.350. The predicted octanol–water partition coefficient (Wildman–Crippen LogP) is 4.61. The molecule has 1 unspecified atom stereocenters. The monoisotopic (exact) mass is 424 g/mol. The van der Waals surface area contributed by atoms with Crippen molar-refractivity contribution in [1.82, 2.24) is 4.72 Å². The number of para-hydroxylation sites is 1. The van der Waals surface area contributed by atoms with Crippen molar-refractivity contribution in [3.05, 3.63) is 58.4 Å². The van der Waals surface area contributed by atoms with Crippen molar-refractivity contribution in [2.75, 3.05) is 11.9 Å². The minimum atomic E-state index is -1.25. The molecule has 1 aliphatic rings. The van der Waals surface area contributed by atoms with Crippen LogP contribution in [0.5, 0.6) is 5.75 Å². The minimum absolute atomic E-state index is 0.0712. The summed E-state index contributed by atoms with van der Waals surface area (Å²) < 4.78 is 34.3. The van der Waals surface area contributed by atoms with Crippen LogP contribution in [0.2, 0.25) is 5.02 Å². The van der Waals surface area contributed by atoms with Crippen LogP contribution >= 0.6 is 11.6 Å². The van der Waals surface area contributed by atoms with E-state index in [-0.39, 0.29) is 11.1 Å². The summed E-state index contributed by atoms with van der Waals surface area (Å²) in [6, 6.07) is 9.07. The molecule has 1 amide bonds. The van der Waals surface area contributed by atoms with Crippen LogP contribution in [0.25, 0.3) is 0 Å². The van der Waals surface area contributed by atoms with Gasteiger partial charge in [0.1, 0.15) is 16.3 Å². The van der Waals surface area contributed by atoms with Gasteiger partial charge in [-0.05, 0) is 45.0 Å². The zero-order chi connectivity index (χ0) is 20.5. The van der Waals surface area contributed by atoms with Crippen molar-refractivity contribution >= 4 is 34.6 Å². The number of halogens is 2. The smallest absolute Gasteiger partial charge is 0.259 e. The Hall–Kier alpha value is -1.80. The Labute approximate surface area is 171 Å². The first-order valence-electron chi connectivity index (χ1n) is 8.87. The van der Waals surface area contributed by atoms with Gasteiger partial charge in [-0.25, -0.2) is 4.39 Å². The van der Waals surface area contributed by atoms with E-state index in [1.807, 2.05) is 26.8 Å². The van der Waals surface area contributed by atoms with E-state index in [1.165, 1.54) is 18.2 Å². The van der Waals surface area contributed by atoms with Gasteiger partial charge in [-0.1, -0.05) is 23.7 Å². The second-order valence-corrected chi connectivity index (χ2v) is 9.90. The number of amides is 1. The average molecular weight is 425 g/mol. The van der Waals surface area contributed by atoms with Crippen LogP contribution in [0, 0.1) is 5.82 Å². The van der Waals surface area contributed by atoms with Crippen LogP contribution in [0.1, 0.15) is 49.2 Å².